The molecule has 6 heteroatoms. The summed E-state index contributed by atoms with van der Waals surface area (Å²) in [6.07, 6.45) is 5.47. The fourth-order valence-electron chi connectivity index (χ4n) is 3.58. The minimum Gasteiger partial charge on any atom is -0.270 e. The summed E-state index contributed by atoms with van der Waals surface area (Å²) in [5, 5.41) is 4.32. The largest absolute Gasteiger partial charge is 0.271 e. The van der Waals surface area contributed by atoms with Crippen molar-refractivity contribution in [2.24, 2.45) is 0 Å². The molecule has 0 aliphatic rings. The summed E-state index contributed by atoms with van der Waals surface area (Å²) in [7, 11) is 0. The predicted molar refractivity (Wildman–Crippen MR) is 117 cm³/mol. The van der Waals surface area contributed by atoms with E-state index in [-0.39, 0.29) is 0 Å². The summed E-state index contributed by atoms with van der Waals surface area (Å²) < 4.78 is 2.13. The van der Waals surface area contributed by atoms with E-state index in [1.54, 1.807) is 12.4 Å². The van der Waals surface area contributed by atoms with Crippen LogP contribution in [0.5, 0.6) is 0 Å². The summed E-state index contributed by atoms with van der Waals surface area (Å²) in [5.41, 5.74) is 7.90. The van der Waals surface area contributed by atoms with E-state index < -0.39 is 0 Å². The van der Waals surface area contributed by atoms with Crippen LogP contribution in [0.15, 0.2) is 67.1 Å². The van der Waals surface area contributed by atoms with Crippen molar-refractivity contribution in [3.63, 3.8) is 0 Å². The molecular formula is C23H19ClN5+. The number of benzene rings is 2. The number of H-pyrrole nitrogens is 1. The van der Waals surface area contributed by atoms with Crippen LogP contribution in [0.1, 0.15) is 11.1 Å². The highest BCUT2D eigenvalue weighted by Crippen LogP contribution is 2.32. The molecule has 0 amide bonds. The van der Waals surface area contributed by atoms with Gasteiger partial charge in [0.25, 0.3) is 5.82 Å². The van der Waals surface area contributed by atoms with Crippen molar-refractivity contribution in [3.8, 4) is 11.3 Å². The van der Waals surface area contributed by atoms with E-state index in [0.717, 1.165) is 55.6 Å². The highest BCUT2D eigenvalue weighted by atomic mass is 35.5. The van der Waals surface area contributed by atoms with Crippen molar-refractivity contribution >= 4 is 39.8 Å². The minimum atomic E-state index is 0.735. The number of halogens is 1. The van der Waals surface area contributed by atoms with Crippen molar-refractivity contribution in [2.45, 2.75) is 13.8 Å². The van der Waals surface area contributed by atoms with Crippen LogP contribution in [-0.2, 0) is 0 Å². The topological polar surface area (TPSA) is 57.7 Å². The maximum atomic E-state index is 6.35. The van der Waals surface area contributed by atoms with Crippen LogP contribution in [0, 0.1) is 13.8 Å². The first-order valence-corrected chi connectivity index (χ1v) is 9.76. The molecule has 0 atom stereocenters. The Morgan fingerprint density at radius 1 is 0.966 bits per heavy atom. The third kappa shape index (κ3) is 3.00. The van der Waals surface area contributed by atoms with Crippen LogP contribution in [0.4, 0.5) is 11.5 Å². The van der Waals surface area contributed by atoms with Gasteiger partial charge in [-0.15, -0.1) is 0 Å². The number of aromatic amines is 1. The zero-order valence-corrected chi connectivity index (χ0v) is 16.8. The summed E-state index contributed by atoms with van der Waals surface area (Å²) in [6, 6.07) is 16.1. The van der Waals surface area contributed by atoms with Crippen molar-refractivity contribution in [1.29, 1.82) is 0 Å². The van der Waals surface area contributed by atoms with Gasteiger partial charge in [-0.2, -0.15) is 0 Å². The van der Waals surface area contributed by atoms with Crippen LogP contribution in [0.25, 0.3) is 27.9 Å². The van der Waals surface area contributed by atoms with E-state index in [9.17, 15) is 0 Å². The number of fused-ring (bicyclic) bond motifs is 2. The molecule has 2 N–H and O–H groups in total. The first-order valence-electron chi connectivity index (χ1n) is 9.38. The van der Waals surface area contributed by atoms with Crippen molar-refractivity contribution in [1.82, 2.24) is 15.0 Å². The van der Waals surface area contributed by atoms with Crippen molar-refractivity contribution in [3.05, 3.63) is 83.3 Å². The number of rotatable bonds is 3. The van der Waals surface area contributed by atoms with Crippen LogP contribution in [0.3, 0.4) is 0 Å². The minimum absolute atomic E-state index is 0.735. The first-order chi connectivity index (χ1) is 14.1. The molecule has 3 aromatic heterocycles. The van der Waals surface area contributed by atoms with Gasteiger partial charge in [0.05, 0.1) is 17.2 Å². The second kappa shape index (κ2) is 6.87. The second-order valence-electron chi connectivity index (χ2n) is 7.06. The SMILES string of the molecule is Cc1c(Cl)cccc1Nc1c(-c2ccc3nccnc3c2)[nH]c2c(C)ccc[n+]12. The van der Waals surface area contributed by atoms with Gasteiger partial charge in [0.2, 0.25) is 5.65 Å². The lowest BCUT2D eigenvalue weighted by Gasteiger charge is -2.07. The number of aromatic nitrogens is 4. The average molecular weight is 401 g/mol. The number of aryl methyl sites for hydroxylation is 1. The fraction of sp³-hybridized carbons (Fsp3) is 0.0870. The standard InChI is InChI=1S/C23H18ClN5/c1-14-5-4-12-29-22(14)28-21(16-8-9-19-20(13-16)26-11-10-25-19)23(29)27-18-7-3-6-17(24)15(18)2/h3-13H,1-2H3,(H,26,27)/p+1. The number of pyridine rings is 1. The lowest BCUT2D eigenvalue weighted by atomic mass is 10.1. The van der Waals surface area contributed by atoms with E-state index in [2.05, 4.69) is 49.8 Å². The molecule has 5 rings (SSSR count). The Balaban J connectivity index is 1.75. The number of nitrogens with zero attached hydrogens (tertiary/aromatic N) is 3. The van der Waals surface area contributed by atoms with Gasteiger partial charge in [0, 0.05) is 34.1 Å². The molecule has 0 saturated carbocycles. The molecule has 0 saturated heterocycles. The lowest BCUT2D eigenvalue weighted by molar-refractivity contribution is -0.494. The molecule has 0 radical (unpaired) electrons. The number of nitrogens with one attached hydrogen (secondary N) is 2. The van der Waals surface area contributed by atoms with Crippen molar-refractivity contribution < 1.29 is 4.40 Å². The van der Waals surface area contributed by atoms with Gasteiger partial charge in [0.1, 0.15) is 5.69 Å². The highest BCUT2D eigenvalue weighted by Gasteiger charge is 2.23. The molecule has 0 fully saturated rings. The maximum Gasteiger partial charge on any atom is 0.271 e. The molecule has 29 heavy (non-hydrogen) atoms. The Hall–Kier alpha value is -3.44. The molecule has 5 nitrogen and oxygen atoms in total. The van der Waals surface area contributed by atoms with Gasteiger partial charge in [0.15, 0.2) is 5.69 Å². The van der Waals surface area contributed by atoms with Crippen LogP contribution in [0.2, 0.25) is 5.02 Å². The lowest BCUT2D eigenvalue weighted by Crippen LogP contribution is -2.23. The van der Waals surface area contributed by atoms with E-state index in [4.69, 9.17) is 11.6 Å². The summed E-state index contributed by atoms with van der Waals surface area (Å²) in [6.45, 7) is 4.11. The molecule has 0 spiro atoms. The van der Waals surface area contributed by atoms with Gasteiger partial charge < -0.3 is 0 Å². The monoisotopic (exact) mass is 400 g/mol. The van der Waals surface area contributed by atoms with Crippen LogP contribution in [-0.4, -0.2) is 15.0 Å². The van der Waals surface area contributed by atoms with E-state index in [1.165, 1.54) is 0 Å². The number of hydrogen-bond donors (Lipinski definition) is 2. The number of hydrogen-bond acceptors (Lipinski definition) is 3. The zero-order valence-electron chi connectivity index (χ0n) is 16.1. The van der Waals surface area contributed by atoms with Crippen LogP contribution >= 0.6 is 11.6 Å². The summed E-state index contributed by atoms with van der Waals surface area (Å²) >= 11 is 6.35. The Morgan fingerprint density at radius 3 is 2.66 bits per heavy atom. The van der Waals surface area contributed by atoms with Crippen LogP contribution < -0.4 is 9.72 Å². The predicted octanol–water partition coefficient (Wildman–Crippen LogP) is 5.38. The van der Waals surface area contributed by atoms with E-state index >= 15 is 0 Å². The summed E-state index contributed by atoms with van der Waals surface area (Å²) in [4.78, 5) is 12.4. The maximum absolute atomic E-state index is 6.35. The molecule has 0 bridgehead atoms. The van der Waals surface area contributed by atoms with Gasteiger partial charge in [-0.05, 0) is 56.3 Å². The Kier molecular flexibility index (Phi) is 4.18. The third-order valence-electron chi connectivity index (χ3n) is 5.20. The molecule has 0 unspecified atom stereocenters. The summed E-state index contributed by atoms with van der Waals surface area (Å²) in [5.74, 6) is 0.942. The number of anilines is 2. The zero-order chi connectivity index (χ0) is 20.0. The molecule has 3 heterocycles. The van der Waals surface area contributed by atoms with Gasteiger partial charge in [-0.25, -0.2) is 4.40 Å². The van der Waals surface area contributed by atoms with Gasteiger partial charge in [-0.1, -0.05) is 17.7 Å². The third-order valence-corrected chi connectivity index (χ3v) is 5.61. The average Bonchev–Trinajstić information content (AvgIpc) is 3.11. The molecule has 2 aromatic carbocycles. The van der Waals surface area contributed by atoms with E-state index in [1.807, 2.05) is 43.5 Å². The Labute approximate surface area is 173 Å². The smallest absolute Gasteiger partial charge is 0.270 e. The molecule has 0 aliphatic heterocycles. The molecule has 0 aliphatic carbocycles. The van der Waals surface area contributed by atoms with Gasteiger partial charge >= 0.3 is 0 Å². The Bertz CT molecular complexity index is 1370. The Morgan fingerprint density at radius 2 is 1.79 bits per heavy atom. The molecule has 142 valence electrons. The normalized spacial score (nSPS) is 11.3. The second-order valence-corrected chi connectivity index (χ2v) is 7.46. The van der Waals surface area contributed by atoms with Crippen molar-refractivity contribution in [2.75, 3.05) is 5.32 Å². The molecule has 5 aromatic rings. The quantitative estimate of drug-likeness (QED) is 0.400. The number of imidazole rings is 1. The fourth-order valence-corrected chi connectivity index (χ4v) is 3.76. The molecular weight excluding hydrogens is 382 g/mol. The van der Waals surface area contributed by atoms with Gasteiger partial charge in [-0.3, -0.25) is 20.3 Å². The highest BCUT2D eigenvalue weighted by molar-refractivity contribution is 6.31. The van der Waals surface area contributed by atoms with E-state index in [0.29, 0.717) is 0 Å². The first kappa shape index (κ1) is 17.6.